The van der Waals surface area contributed by atoms with Gasteiger partial charge in [0.05, 0.1) is 23.2 Å². The van der Waals surface area contributed by atoms with Crippen LogP contribution in [0.2, 0.25) is 0 Å². The Labute approximate surface area is 473 Å². The van der Waals surface area contributed by atoms with Crippen molar-refractivity contribution < 1.29 is 39.5 Å². The lowest BCUT2D eigenvalue weighted by molar-refractivity contribution is -0.134. The molecule has 2 heterocycles. The van der Waals surface area contributed by atoms with Crippen LogP contribution < -0.4 is 31.2 Å². The van der Waals surface area contributed by atoms with Gasteiger partial charge in [-0.25, -0.2) is 9.59 Å². The summed E-state index contributed by atoms with van der Waals surface area (Å²) in [5.41, 5.74) is 16.0. The van der Waals surface area contributed by atoms with Gasteiger partial charge in [0.15, 0.2) is 0 Å². The van der Waals surface area contributed by atoms with Crippen LogP contribution in [0.3, 0.4) is 0 Å². The zero-order valence-corrected chi connectivity index (χ0v) is 45.9. The van der Waals surface area contributed by atoms with E-state index in [-0.39, 0.29) is 18.5 Å². The molecule has 8 N–H and O–H groups in total. The fourth-order valence-electron chi connectivity index (χ4n) is 10.9. The molecule has 2 atom stereocenters. The second-order valence-electron chi connectivity index (χ2n) is 20.3. The molecule has 0 saturated carbocycles. The molecule has 10 rings (SSSR count). The molecule has 0 spiro atoms. The molecule has 0 fully saturated rings. The molecule has 2 aliphatic carbocycles. The van der Waals surface area contributed by atoms with Crippen LogP contribution in [0.15, 0.2) is 155 Å². The van der Waals surface area contributed by atoms with Gasteiger partial charge in [0.1, 0.15) is 24.7 Å². The summed E-state index contributed by atoms with van der Waals surface area (Å²) in [5.74, 6) is -1.32. The third-order valence-corrected chi connectivity index (χ3v) is 15.0. The molecule has 14 heteroatoms. The van der Waals surface area contributed by atoms with Gasteiger partial charge in [-0.3, -0.25) is 9.59 Å². The third kappa shape index (κ3) is 15.8. The summed E-state index contributed by atoms with van der Waals surface area (Å²) in [6.07, 6.45) is 7.90. The molecule has 0 aliphatic heterocycles. The molecule has 0 radical (unpaired) electrons. The van der Waals surface area contributed by atoms with E-state index < -0.39 is 24.1 Å². The first-order valence-electron chi connectivity index (χ1n) is 27.6. The summed E-state index contributed by atoms with van der Waals surface area (Å²) in [6, 6.07) is 44.0. The Bertz CT molecular complexity index is 3280. The van der Waals surface area contributed by atoms with Crippen LogP contribution in [0.4, 0.5) is 0 Å². The van der Waals surface area contributed by atoms with Crippen molar-refractivity contribution in [1.29, 1.82) is 0 Å². The Morgan fingerprint density at radius 1 is 0.519 bits per heavy atom. The van der Waals surface area contributed by atoms with Crippen molar-refractivity contribution in [2.45, 2.75) is 124 Å². The maximum absolute atomic E-state index is 12.1. The highest BCUT2D eigenvalue weighted by Gasteiger charge is 2.26. The minimum Gasteiger partial charge on any atom is -0.487 e. The Hall–Kier alpha value is -8.14. The first-order valence-corrected chi connectivity index (χ1v) is 27.6. The van der Waals surface area contributed by atoms with E-state index in [4.69, 9.17) is 19.7 Å². The number of hydrogen-bond acceptors (Lipinski definition) is 10. The molecule has 0 bridgehead atoms. The second kappa shape index (κ2) is 28.8. The van der Waals surface area contributed by atoms with Crippen LogP contribution in [0.25, 0.3) is 21.8 Å². The average molecular weight is 1100 g/mol. The number of aryl methyl sites for hydroxylation is 4. The van der Waals surface area contributed by atoms with Crippen LogP contribution in [0.5, 0.6) is 11.5 Å². The number of carbonyl (C=O) groups is 2. The van der Waals surface area contributed by atoms with Gasteiger partial charge in [-0.1, -0.05) is 132 Å². The molecule has 2 aromatic heterocycles. The topological polar surface area (TPSA) is 223 Å². The summed E-state index contributed by atoms with van der Waals surface area (Å²) < 4.78 is 12.1. The van der Waals surface area contributed by atoms with Crippen molar-refractivity contribution in [2.75, 3.05) is 13.1 Å². The molecular weight excluding hydrogens is 1020 g/mol. The first kappa shape index (κ1) is 60.5. The number of carboxylic acids is 2. The summed E-state index contributed by atoms with van der Waals surface area (Å²) in [7, 11) is 0. The maximum Gasteiger partial charge on any atom is 0.328 e. The van der Waals surface area contributed by atoms with E-state index >= 15 is 0 Å². The number of aliphatic hydroxyl groups excluding tert-OH is 2. The summed E-state index contributed by atoms with van der Waals surface area (Å²) >= 11 is 0. The number of aliphatic carboxylic acids is 2. The van der Waals surface area contributed by atoms with Crippen LogP contribution in [-0.4, -0.2) is 67.5 Å². The number of ether oxygens (including phenoxy) is 2. The lowest BCUT2D eigenvalue weighted by Gasteiger charge is -2.19. The third-order valence-electron chi connectivity index (χ3n) is 15.0. The number of aromatic amines is 2. The normalized spacial score (nSPS) is 13.6. The maximum atomic E-state index is 12.1. The van der Waals surface area contributed by atoms with Crippen molar-refractivity contribution in [2.24, 2.45) is 0 Å². The number of nitrogens with one attached hydrogen (secondary N) is 4. The lowest BCUT2D eigenvalue weighted by atomic mass is 9.97. The Kier molecular flexibility index (Phi) is 21.5. The summed E-state index contributed by atoms with van der Waals surface area (Å²) in [5, 5.41) is 46.7. The molecule has 2 aliphatic rings. The number of rotatable bonds is 20. The van der Waals surface area contributed by atoms with E-state index in [0.717, 1.165) is 84.4 Å². The zero-order chi connectivity index (χ0) is 56.7. The Balaban J connectivity index is 0.000000204. The van der Waals surface area contributed by atoms with Crippen LogP contribution >= 0.6 is 0 Å². The van der Waals surface area contributed by atoms with E-state index in [1.807, 2.05) is 84.9 Å². The van der Waals surface area contributed by atoms with Gasteiger partial charge < -0.3 is 50.5 Å². The number of benzene rings is 6. The number of aliphatic hydroxyl groups is 2. The predicted molar refractivity (Wildman–Crippen MR) is 321 cm³/mol. The quantitative estimate of drug-likeness (QED) is 0.0334. The van der Waals surface area contributed by atoms with Crippen molar-refractivity contribution in [3.05, 3.63) is 233 Å². The summed E-state index contributed by atoms with van der Waals surface area (Å²) in [4.78, 5) is 49.1. The highest BCUT2D eigenvalue weighted by atomic mass is 16.5. The molecule has 6 aromatic carbocycles. The van der Waals surface area contributed by atoms with E-state index in [0.29, 0.717) is 73.1 Å². The minimum absolute atomic E-state index is 0. The Morgan fingerprint density at radius 3 is 1.16 bits per heavy atom. The van der Waals surface area contributed by atoms with Gasteiger partial charge in [-0.2, -0.15) is 0 Å². The number of H-pyrrole nitrogens is 2. The number of fused-ring (bicyclic) bond motifs is 4. The second-order valence-corrected chi connectivity index (χ2v) is 20.3. The van der Waals surface area contributed by atoms with Gasteiger partial charge in [0, 0.05) is 60.2 Å². The van der Waals surface area contributed by atoms with Gasteiger partial charge in [0.2, 0.25) is 11.1 Å². The minimum atomic E-state index is -1.26. The van der Waals surface area contributed by atoms with Gasteiger partial charge in [0.25, 0.3) is 0 Å². The SMILES string of the molecule is C.CCc1cc2c(cc1CC)CC(NC[C@H](O)c1ccc(OCc3ccccc3)c3[nH]c(=O)ccc13)C2.CCc1cc2c(cc1CC)CC(NC[C@H](O)c1ccc(OCc3ccccc3)c3[nH]c(=O)ccc13)C2.O=C(O)/C=C\C(=O)O. The predicted octanol–water partition coefficient (Wildman–Crippen LogP) is 10.4. The molecule has 0 amide bonds. The van der Waals surface area contributed by atoms with E-state index in [2.05, 4.69) is 72.6 Å². The Morgan fingerprint density at radius 2 is 0.852 bits per heavy atom. The van der Waals surface area contributed by atoms with E-state index in [9.17, 15) is 29.4 Å². The number of hydrogen-bond donors (Lipinski definition) is 8. The van der Waals surface area contributed by atoms with Crippen LogP contribution in [-0.2, 0) is 74.2 Å². The fraction of sp³-hybridized carbons (Fsp3) is 0.313. The van der Waals surface area contributed by atoms with Crippen molar-refractivity contribution in [1.82, 2.24) is 20.6 Å². The first-order chi connectivity index (χ1) is 38.7. The van der Waals surface area contributed by atoms with Gasteiger partial charge in [-0.05, 0) is 142 Å². The molecule has 0 unspecified atom stereocenters. The average Bonchev–Trinajstić information content (AvgIpc) is 4.13. The lowest BCUT2D eigenvalue weighted by Crippen LogP contribution is -2.33. The standard InChI is InChI=1S/2C31H34N2O3.C4H4O4.CH4/c2*1-3-21-14-23-16-25(17-24(23)15-22(21)4-2)32-18-28(34)26-10-12-29(31-27(26)11-13-30(35)33-31)36-19-20-8-6-5-7-9-20;5-3(6)1-2-4(7)8;/h2*5-15,25,28,32,34H,3-4,16-19H2,1-2H3,(H,33,35);1-2H,(H,5,6)(H,7,8);1H4/b;;2-1-;/t2*28-;;/m00../s1. The zero-order valence-electron chi connectivity index (χ0n) is 45.9. The van der Waals surface area contributed by atoms with Gasteiger partial charge in [-0.15, -0.1) is 0 Å². The number of pyridine rings is 2. The monoisotopic (exact) mass is 1100 g/mol. The van der Waals surface area contributed by atoms with Crippen molar-refractivity contribution in [3.8, 4) is 11.5 Å². The van der Waals surface area contributed by atoms with Crippen molar-refractivity contribution >= 4 is 33.7 Å². The molecule has 8 aromatic rings. The number of carboxylic acid groups (broad SMARTS) is 2. The summed E-state index contributed by atoms with van der Waals surface area (Å²) in [6.45, 7) is 10.6. The highest BCUT2D eigenvalue weighted by Crippen LogP contribution is 2.34. The molecule has 424 valence electrons. The van der Waals surface area contributed by atoms with Gasteiger partial charge >= 0.3 is 11.9 Å². The van der Waals surface area contributed by atoms with E-state index in [1.165, 1.54) is 56.6 Å². The fourth-order valence-corrected chi connectivity index (χ4v) is 10.9. The van der Waals surface area contributed by atoms with E-state index in [1.54, 1.807) is 12.1 Å². The smallest absolute Gasteiger partial charge is 0.328 e. The molecule has 0 saturated heterocycles. The molecule has 81 heavy (non-hydrogen) atoms. The van der Waals surface area contributed by atoms with Crippen molar-refractivity contribution in [3.63, 3.8) is 0 Å². The molecule has 14 nitrogen and oxygen atoms in total. The van der Waals surface area contributed by atoms with Crippen LogP contribution in [0, 0.1) is 0 Å². The highest BCUT2D eigenvalue weighted by molar-refractivity contribution is 5.90. The molecular formula is C67H76N4O10. The largest absolute Gasteiger partial charge is 0.487 e. The van der Waals surface area contributed by atoms with Crippen LogP contribution in [0.1, 0.15) is 114 Å². The number of aromatic nitrogens is 2.